The summed E-state index contributed by atoms with van der Waals surface area (Å²) < 4.78 is 25.3. The van der Waals surface area contributed by atoms with Crippen molar-refractivity contribution in [3.8, 4) is 0 Å². The van der Waals surface area contributed by atoms with Crippen LogP contribution in [0.5, 0.6) is 0 Å². The van der Waals surface area contributed by atoms with Gasteiger partial charge in [-0.2, -0.15) is 0 Å². The number of sulfonamides is 1. The third-order valence-corrected chi connectivity index (χ3v) is 5.71. The molecule has 0 N–H and O–H groups in total. The molecule has 1 aliphatic heterocycles. The second-order valence-electron chi connectivity index (χ2n) is 5.66. The average molecular weight is 379 g/mol. The van der Waals surface area contributed by atoms with Gasteiger partial charge in [0, 0.05) is 13.1 Å². The van der Waals surface area contributed by atoms with Crippen molar-refractivity contribution in [1.29, 1.82) is 0 Å². The highest BCUT2D eigenvalue weighted by Crippen LogP contribution is 2.28. The second-order valence-corrected chi connectivity index (χ2v) is 8.38. The number of nitrogens with zero attached hydrogens (tertiary/aromatic N) is 2. The molecule has 23 heavy (non-hydrogen) atoms. The summed E-state index contributed by atoms with van der Waals surface area (Å²) in [6.45, 7) is 1.13. The summed E-state index contributed by atoms with van der Waals surface area (Å²) in [4.78, 5) is 14.2. The van der Waals surface area contributed by atoms with Crippen LogP contribution >= 0.6 is 23.2 Å². The third-order valence-electron chi connectivity index (χ3n) is 3.83. The zero-order chi connectivity index (χ0) is 17.0. The average Bonchev–Trinajstić information content (AvgIpc) is 2.75. The van der Waals surface area contributed by atoms with E-state index in [1.54, 1.807) is 11.0 Å². The molecule has 0 aromatic heterocycles. The van der Waals surface area contributed by atoms with Gasteiger partial charge in [0.25, 0.3) is 0 Å². The quantitative estimate of drug-likeness (QED) is 0.808. The molecular weight excluding hydrogens is 359 g/mol. The van der Waals surface area contributed by atoms with Crippen molar-refractivity contribution < 1.29 is 13.2 Å². The Hall–Kier alpha value is -0.980. The van der Waals surface area contributed by atoms with Crippen molar-refractivity contribution >= 4 is 44.8 Å². The Balaban J connectivity index is 2.22. The Morgan fingerprint density at radius 2 is 1.74 bits per heavy atom. The molecule has 0 bridgehead atoms. The van der Waals surface area contributed by atoms with E-state index in [9.17, 15) is 13.2 Å². The number of hydrogen-bond acceptors (Lipinski definition) is 3. The summed E-state index contributed by atoms with van der Waals surface area (Å²) in [5.74, 6) is -0.191. The molecule has 0 saturated carbocycles. The standard InChI is InChI=1S/C15H20Cl2N2O3S/c1-23(21,22)19(12-6-7-13(16)14(17)10-12)11-15(20)18-8-4-2-3-5-9-18/h6-7,10H,2-5,8-9,11H2,1H3. The fourth-order valence-corrected chi connectivity index (χ4v) is 3.72. The number of carbonyl (C=O) groups excluding carboxylic acids is 1. The van der Waals surface area contributed by atoms with Crippen LogP contribution in [0, 0.1) is 0 Å². The van der Waals surface area contributed by atoms with Gasteiger partial charge in [-0.25, -0.2) is 8.42 Å². The first-order valence-electron chi connectivity index (χ1n) is 7.49. The predicted octanol–water partition coefficient (Wildman–Crippen LogP) is 3.16. The molecule has 0 atom stereocenters. The van der Waals surface area contributed by atoms with Crippen LogP contribution in [0.2, 0.25) is 10.0 Å². The highest BCUT2D eigenvalue weighted by atomic mass is 35.5. The van der Waals surface area contributed by atoms with Gasteiger partial charge >= 0.3 is 0 Å². The highest BCUT2D eigenvalue weighted by molar-refractivity contribution is 7.92. The molecule has 0 aliphatic carbocycles. The van der Waals surface area contributed by atoms with Crippen LogP contribution in [0.1, 0.15) is 25.7 Å². The number of carbonyl (C=O) groups is 1. The second kappa shape index (κ2) is 7.73. The summed E-state index contributed by atoms with van der Waals surface area (Å²) >= 11 is 11.8. The molecule has 1 heterocycles. The zero-order valence-corrected chi connectivity index (χ0v) is 15.3. The zero-order valence-electron chi connectivity index (χ0n) is 13.0. The molecule has 1 aromatic carbocycles. The smallest absolute Gasteiger partial charge is 0.243 e. The van der Waals surface area contributed by atoms with Gasteiger partial charge in [0.05, 0.1) is 22.0 Å². The van der Waals surface area contributed by atoms with E-state index in [1.807, 2.05) is 0 Å². The fraction of sp³-hybridized carbons (Fsp3) is 0.533. The van der Waals surface area contributed by atoms with E-state index in [-0.39, 0.29) is 17.5 Å². The minimum atomic E-state index is -3.61. The number of anilines is 1. The van der Waals surface area contributed by atoms with Gasteiger partial charge in [-0.05, 0) is 31.0 Å². The molecule has 2 rings (SSSR count). The molecule has 1 aliphatic rings. The molecule has 1 saturated heterocycles. The van der Waals surface area contributed by atoms with Crippen molar-refractivity contribution in [2.75, 3.05) is 30.2 Å². The van der Waals surface area contributed by atoms with Crippen molar-refractivity contribution in [3.05, 3.63) is 28.2 Å². The van der Waals surface area contributed by atoms with Gasteiger partial charge in [-0.3, -0.25) is 9.10 Å². The van der Waals surface area contributed by atoms with E-state index in [0.717, 1.165) is 36.2 Å². The monoisotopic (exact) mass is 378 g/mol. The van der Waals surface area contributed by atoms with Crippen molar-refractivity contribution in [2.24, 2.45) is 0 Å². The number of halogens is 2. The third kappa shape index (κ3) is 4.99. The minimum Gasteiger partial charge on any atom is -0.341 e. The maximum atomic E-state index is 12.5. The van der Waals surface area contributed by atoms with E-state index in [2.05, 4.69) is 0 Å². The summed E-state index contributed by atoms with van der Waals surface area (Å²) in [5.41, 5.74) is 0.338. The van der Waals surface area contributed by atoms with Crippen LogP contribution in [0.4, 0.5) is 5.69 Å². The lowest BCUT2D eigenvalue weighted by Gasteiger charge is -2.26. The summed E-state index contributed by atoms with van der Waals surface area (Å²) in [5, 5.41) is 0.586. The maximum absolute atomic E-state index is 12.5. The Kier molecular flexibility index (Phi) is 6.17. The lowest BCUT2D eigenvalue weighted by atomic mass is 10.2. The number of benzene rings is 1. The van der Waals surface area contributed by atoms with Crippen LogP contribution < -0.4 is 4.31 Å². The van der Waals surface area contributed by atoms with E-state index in [0.29, 0.717) is 23.8 Å². The molecule has 1 amide bonds. The van der Waals surface area contributed by atoms with Crippen molar-refractivity contribution in [2.45, 2.75) is 25.7 Å². The highest BCUT2D eigenvalue weighted by Gasteiger charge is 2.25. The summed E-state index contributed by atoms with van der Waals surface area (Å²) in [6, 6.07) is 4.53. The molecule has 8 heteroatoms. The first-order chi connectivity index (χ1) is 10.8. The minimum absolute atomic E-state index is 0.191. The molecule has 0 unspecified atom stereocenters. The summed E-state index contributed by atoms with van der Waals surface area (Å²) in [6.07, 6.45) is 5.19. The number of likely N-dealkylation sites (tertiary alicyclic amines) is 1. The topological polar surface area (TPSA) is 57.7 Å². The Morgan fingerprint density at radius 1 is 1.13 bits per heavy atom. The molecule has 1 aromatic rings. The van der Waals surface area contributed by atoms with Gasteiger partial charge in [-0.1, -0.05) is 36.0 Å². The van der Waals surface area contributed by atoms with E-state index >= 15 is 0 Å². The maximum Gasteiger partial charge on any atom is 0.243 e. The lowest BCUT2D eigenvalue weighted by Crippen LogP contribution is -2.43. The first kappa shape index (κ1) is 18.4. The van der Waals surface area contributed by atoms with Gasteiger partial charge in [0.15, 0.2) is 0 Å². The SMILES string of the molecule is CS(=O)(=O)N(CC(=O)N1CCCCCC1)c1ccc(Cl)c(Cl)c1. The van der Waals surface area contributed by atoms with Crippen LogP contribution in [0.3, 0.4) is 0 Å². The molecule has 0 radical (unpaired) electrons. The van der Waals surface area contributed by atoms with Crippen LogP contribution in [-0.4, -0.2) is 45.1 Å². The Labute approximate surface area is 147 Å². The van der Waals surface area contributed by atoms with Gasteiger partial charge < -0.3 is 4.90 Å². The molecule has 1 fully saturated rings. The van der Waals surface area contributed by atoms with E-state index in [4.69, 9.17) is 23.2 Å². The van der Waals surface area contributed by atoms with Crippen LogP contribution in [0.25, 0.3) is 0 Å². The van der Waals surface area contributed by atoms with Gasteiger partial charge in [0.1, 0.15) is 6.54 Å². The number of hydrogen-bond donors (Lipinski definition) is 0. The van der Waals surface area contributed by atoms with Crippen molar-refractivity contribution in [1.82, 2.24) is 4.90 Å². The van der Waals surface area contributed by atoms with E-state index < -0.39 is 10.0 Å². The fourth-order valence-electron chi connectivity index (χ4n) is 2.58. The van der Waals surface area contributed by atoms with E-state index in [1.165, 1.54) is 12.1 Å². The van der Waals surface area contributed by atoms with Crippen molar-refractivity contribution in [3.63, 3.8) is 0 Å². The summed E-state index contributed by atoms with van der Waals surface area (Å²) in [7, 11) is -3.61. The first-order valence-corrected chi connectivity index (χ1v) is 10.1. The van der Waals surface area contributed by atoms with Gasteiger partial charge in [0.2, 0.25) is 15.9 Å². The molecular formula is C15H20Cl2N2O3S. The number of amides is 1. The normalized spacial score (nSPS) is 16.0. The molecule has 5 nitrogen and oxygen atoms in total. The van der Waals surface area contributed by atoms with Crippen LogP contribution in [0.15, 0.2) is 18.2 Å². The molecule has 128 valence electrons. The number of rotatable bonds is 4. The Bertz CT molecular complexity index is 671. The predicted molar refractivity (Wildman–Crippen MR) is 93.7 cm³/mol. The Morgan fingerprint density at radius 3 is 2.26 bits per heavy atom. The largest absolute Gasteiger partial charge is 0.341 e. The van der Waals surface area contributed by atoms with Crippen LogP contribution in [-0.2, 0) is 14.8 Å². The van der Waals surface area contributed by atoms with Gasteiger partial charge in [-0.15, -0.1) is 0 Å². The molecule has 0 spiro atoms. The lowest BCUT2D eigenvalue weighted by molar-refractivity contribution is -0.129.